The quantitative estimate of drug-likeness (QED) is 0.617. The lowest BCUT2D eigenvalue weighted by Crippen LogP contribution is -2.31. The number of rotatable bonds is 6. The summed E-state index contributed by atoms with van der Waals surface area (Å²) in [5.74, 6) is 0.634. The molecule has 0 atom stereocenters. The summed E-state index contributed by atoms with van der Waals surface area (Å²) in [6.07, 6.45) is 3.13. The van der Waals surface area contributed by atoms with Gasteiger partial charge in [0.25, 0.3) is 5.91 Å². The highest BCUT2D eigenvalue weighted by molar-refractivity contribution is 5.99. The molecule has 3 aromatic rings. The number of aromatic nitrogens is 3. The van der Waals surface area contributed by atoms with E-state index in [1.807, 2.05) is 45.0 Å². The van der Waals surface area contributed by atoms with E-state index in [-0.39, 0.29) is 11.7 Å². The SMILES string of the molecule is Cc1ccc(Nc2ncnn3cc(C(=O)NCCN(C)C)c(C)c23)cc1O. The molecule has 3 rings (SSSR count). The van der Waals surface area contributed by atoms with Gasteiger partial charge in [0.15, 0.2) is 5.82 Å². The monoisotopic (exact) mass is 368 g/mol. The molecule has 2 heterocycles. The lowest BCUT2D eigenvalue weighted by molar-refractivity contribution is 0.0950. The molecule has 1 amide bonds. The first-order chi connectivity index (χ1) is 12.9. The third-order valence-electron chi connectivity index (χ3n) is 4.39. The van der Waals surface area contributed by atoms with Gasteiger partial charge < -0.3 is 20.6 Å². The number of carbonyl (C=O) groups is 1. The lowest BCUT2D eigenvalue weighted by atomic mass is 10.1. The summed E-state index contributed by atoms with van der Waals surface area (Å²) in [4.78, 5) is 18.8. The number of aryl methyl sites for hydroxylation is 2. The van der Waals surface area contributed by atoms with Crippen molar-refractivity contribution < 1.29 is 9.90 Å². The molecule has 0 saturated carbocycles. The number of phenolic OH excluding ortho intramolecular Hbond substituents is 1. The zero-order valence-electron chi connectivity index (χ0n) is 15.9. The highest BCUT2D eigenvalue weighted by Crippen LogP contribution is 2.27. The minimum absolute atomic E-state index is 0.140. The van der Waals surface area contributed by atoms with Crippen molar-refractivity contribution in [3.63, 3.8) is 0 Å². The number of fused-ring (bicyclic) bond motifs is 1. The van der Waals surface area contributed by atoms with Crippen molar-refractivity contribution >= 4 is 22.9 Å². The summed E-state index contributed by atoms with van der Waals surface area (Å²) < 4.78 is 1.64. The second kappa shape index (κ2) is 7.63. The Labute approximate surface area is 157 Å². The van der Waals surface area contributed by atoms with Crippen molar-refractivity contribution in [1.29, 1.82) is 0 Å². The third-order valence-corrected chi connectivity index (χ3v) is 4.39. The van der Waals surface area contributed by atoms with Gasteiger partial charge in [-0.2, -0.15) is 5.10 Å². The number of amides is 1. The fourth-order valence-electron chi connectivity index (χ4n) is 2.79. The summed E-state index contributed by atoms with van der Waals surface area (Å²) in [7, 11) is 3.92. The van der Waals surface area contributed by atoms with E-state index < -0.39 is 0 Å². The second-order valence-electron chi connectivity index (χ2n) is 6.76. The van der Waals surface area contributed by atoms with Crippen LogP contribution in [0.1, 0.15) is 21.5 Å². The van der Waals surface area contributed by atoms with E-state index in [1.165, 1.54) is 6.33 Å². The maximum atomic E-state index is 12.5. The van der Waals surface area contributed by atoms with Crippen LogP contribution in [-0.4, -0.2) is 57.7 Å². The van der Waals surface area contributed by atoms with Crippen LogP contribution in [-0.2, 0) is 0 Å². The van der Waals surface area contributed by atoms with Crippen LogP contribution in [0.25, 0.3) is 5.52 Å². The summed E-state index contributed by atoms with van der Waals surface area (Å²) in [6.45, 7) is 5.04. The van der Waals surface area contributed by atoms with E-state index in [1.54, 1.807) is 16.8 Å². The molecule has 3 N–H and O–H groups in total. The number of nitrogens with zero attached hydrogens (tertiary/aromatic N) is 4. The Kier molecular flexibility index (Phi) is 5.27. The molecule has 142 valence electrons. The van der Waals surface area contributed by atoms with Gasteiger partial charge in [0.2, 0.25) is 0 Å². The predicted molar refractivity (Wildman–Crippen MR) is 105 cm³/mol. The van der Waals surface area contributed by atoms with Gasteiger partial charge in [-0.15, -0.1) is 0 Å². The maximum absolute atomic E-state index is 12.5. The standard InChI is InChI=1S/C19H24N6O2/c1-12-5-6-14(9-16(12)26)23-18-17-13(2)15(10-25(17)22-11-21-18)19(27)20-7-8-24(3)4/h5-6,9-11,26H,7-8H2,1-4H3,(H,20,27)(H,21,22,23). The average Bonchev–Trinajstić information content (AvgIpc) is 2.96. The van der Waals surface area contributed by atoms with Crippen molar-refractivity contribution in [3.8, 4) is 5.75 Å². The van der Waals surface area contributed by atoms with Gasteiger partial charge in [-0.25, -0.2) is 9.50 Å². The molecule has 0 aliphatic rings. The van der Waals surface area contributed by atoms with Gasteiger partial charge in [0.05, 0.1) is 5.56 Å². The minimum atomic E-state index is -0.140. The van der Waals surface area contributed by atoms with Gasteiger partial charge in [0.1, 0.15) is 17.6 Å². The average molecular weight is 368 g/mol. The van der Waals surface area contributed by atoms with Crippen LogP contribution in [0.2, 0.25) is 0 Å². The molecule has 2 aromatic heterocycles. The van der Waals surface area contributed by atoms with Crippen LogP contribution in [0.3, 0.4) is 0 Å². The maximum Gasteiger partial charge on any atom is 0.253 e. The third kappa shape index (κ3) is 4.01. The Morgan fingerprint density at radius 2 is 2.07 bits per heavy atom. The molecule has 0 spiro atoms. The van der Waals surface area contributed by atoms with Crippen molar-refractivity contribution in [2.24, 2.45) is 0 Å². The molecule has 1 aromatic carbocycles. The van der Waals surface area contributed by atoms with Crippen LogP contribution in [0.15, 0.2) is 30.7 Å². The number of likely N-dealkylation sites (N-methyl/N-ethyl adjacent to an activating group) is 1. The minimum Gasteiger partial charge on any atom is -0.508 e. The van der Waals surface area contributed by atoms with Gasteiger partial charge in [-0.3, -0.25) is 4.79 Å². The molecule has 0 aliphatic carbocycles. The van der Waals surface area contributed by atoms with Crippen LogP contribution < -0.4 is 10.6 Å². The van der Waals surface area contributed by atoms with Crippen LogP contribution in [0.5, 0.6) is 5.75 Å². The first kappa shape index (κ1) is 18.7. The van der Waals surface area contributed by atoms with E-state index in [9.17, 15) is 9.90 Å². The fourth-order valence-corrected chi connectivity index (χ4v) is 2.79. The Morgan fingerprint density at radius 1 is 1.30 bits per heavy atom. The molecular formula is C19H24N6O2. The molecule has 0 unspecified atom stereocenters. The number of aromatic hydroxyl groups is 1. The van der Waals surface area contributed by atoms with Gasteiger partial charge in [-0.1, -0.05) is 6.07 Å². The Balaban J connectivity index is 1.90. The lowest BCUT2D eigenvalue weighted by Gasteiger charge is -2.10. The molecule has 27 heavy (non-hydrogen) atoms. The smallest absolute Gasteiger partial charge is 0.253 e. The second-order valence-corrected chi connectivity index (χ2v) is 6.76. The number of hydrogen-bond donors (Lipinski definition) is 3. The summed E-state index contributed by atoms with van der Waals surface area (Å²) in [6, 6.07) is 5.33. The fraction of sp³-hybridized carbons (Fsp3) is 0.316. The number of anilines is 2. The highest BCUT2D eigenvalue weighted by atomic mass is 16.3. The van der Waals surface area contributed by atoms with E-state index in [0.717, 1.165) is 23.2 Å². The van der Waals surface area contributed by atoms with E-state index in [4.69, 9.17) is 0 Å². The number of benzene rings is 1. The normalized spacial score (nSPS) is 11.1. The van der Waals surface area contributed by atoms with E-state index in [0.29, 0.717) is 23.6 Å². The number of phenols is 1. The Morgan fingerprint density at radius 3 is 2.78 bits per heavy atom. The van der Waals surface area contributed by atoms with Crippen LogP contribution in [0, 0.1) is 13.8 Å². The van der Waals surface area contributed by atoms with E-state index >= 15 is 0 Å². The van der Waals surface area contributed by atoms with Gasteiger partial charge in [-0.05, 0) is 45.1 Å². The summed E-state index contributed by atoms with van der Waals surface area (Å²) in [5, 5.41) is 20.2. The molecular weight excluding hydrogens is 344 g/mol. The molecule has 8 heteroatoms. The summed E-state index contributed by atoms with van der Waals surface area (Å²) >= 11 is 0. The molecule has 0 bridgehead atoms. The zero-order valence-corrected chi connectivity index (χ0v) is 15.9. The van der Waals surface area contributed by atoms with Crippen molar-refractivity contribution in [2.75, 3.05) is 32.5 Å². The predicted octanol–water partition coefficient (Wildman–Crippen LogP) is 2.09. The first-order valence-corrected chi connectivity index (χ1v) is 8.69. The van der Waals surface area contributed by atoms with Gasteiger partial charge in [0, 0.05) is 31.0 Å². The number of nitrogens with one attached hydrogen (secondary N) is 2. The molecule has 8 nitrogen and oxygen atoms in total. The number of hydrogen-bond acceptors (Lipinski definition) is 6. The Hall–Kier alpha value is -3.13. The van der Waals surface area contributed by atoms with E-state index in [2.05, 4.69) is 20.7 Å². The largest absolute Gasteiger partial charge is 0.508 e. The molecule has 0 radical (unpaired) electrons. The van der Waals surface area contributed by atoms with Crippen molar-refractivity contribution in [1.82, 2.24) is 24.8 Å². The van der Waals surface area contributed by atoms with Crippen molar-refractivity contribution in [2.45, 2.75) is 13.8 Å². The van der Waals surface area contributed by atoms with Gasteiger partial charge >= 0.3 is 0 Å². The highest BCUT2D eigenvalue weighted by Gasteiger charge is 2.18. The molecule has 0 fully saturated rings. The van der Waals surface area contributed by atoms with Crippen LogP contribution in [0.4, 0.5) is 11.5 Å². The molecule has 0 aliphatic heterocycles. The topological polar surface area (TPSA) is 94.8 Å². The Bertz CT molecular complexity index is 980. The zero-order chi connectivity index (χ0) is 19.6. The molecule has 0 saturated heterocycles. The van der Waals surface area contributed by atoms with Crippen LogP contribution >= 0.6 is 0 Å². The summed E-state index contributed by atoms with van der Waals surface area (Å²) in [5.41, 5.74) is 3.57. The first-order valence-electron chi connectivity index (χ1n) is 8.69. The number of carbonyl (C=O) groups excluding carboxylic acids is 1. The van der Waals surface area contributed by atoms with Crippen molar-refractivity contribution in [3.05, 3.63) is 47.4 Å².